The fourth-order valence-corrected chi connectivity index (χ4v) is 2.44. The van der Waals surface area contributed by atoms with Crippen LogP contribution >= 0.6 is 11.8 Å². The fraction of sp³-hybridized carbons (Fsp3) is 0.636. The number of aliphatic imine (C=N–C) groups is 1. The largest absolute Gasteiger partial charge is 0.363 e. The SMILES string of the molecule is CC1(C)CN=C(NCCn2cccn2)SC1. The summed E-state index contributed by atoms with van der Waals surface area (Å²) in [7, 11) is 0. The average molecular weight is 238 g/mol. The van der Waals surface area contributed by atoms with Gasteiger partial charge in [-0.2, -0.15) is 5.10 Å². The van der Waals surface area contributed by atoms with E-state index in [1.165, 1.54) is 0 Å². The molecule has 2 rings (SSSR count). The zero-order chi connectivity index (χ0) is 11.4. The Hall–Kier alpha value is -0.970. The Morgan fingerprint density at radius 1 is 1.56 bits per heavy atom. The Morgan fingerprint density at radius 2 is 2.44 bits per heavy atom. The minimum Gasteiger partial charge on any atom is -0.363 e. The van der Waals surface area contributed by atoms with E-state index in [9.17, 15) is 0 Å². The van der Waals surface area contributed by atoms with Crippen LogP contribution in [0, 0.1) is 5.41 Å². The molecule has 0 spiro atoms. The molecule has 5 heteroatoms. The quantitative estimate of drug-likeness (QED) is 0.870. The lowest BCUT2D eigenvalue weighted by Crippen LogP contribution is -2.32. The van der Waals surface area contributed by atoms with Gasteiger partial charge in [-0.3, -0.25) is 9.67 Å². The molecular weight excluding hydrogens is 220 g/mol. The zero-order valence-electron chi connectivity index (χ0n) is 9.81. The molecule has 1 aromatic heterocycles. The Morgan fingerprint density at radius 3 is 3.06 bits per heavy atom. The average Bonchev–Trinajstić information content (AvgIpc) is 2.73. The first-order chi connectivity index (χ1) is 7.66. The summed E-state index contributed by atoms with van der Waals surface area (Å²) in [5.41, 5.74) is 0.345. The lowest BCUT2D eigenvalue weighted by molar-refractivity contribution is 0.436. The Bertz CT molecular complexity index is 356. The molecular formula is C11H18N4S. The molecule has 4 nitrogen and oxygen atoms in total. The molecule has 0 aliphatic carbocycles. The normalized spacial score (nSPS) is 19.2. The predicted octanol–water partition coefficient (Wildman–Crippen LogP) is 1.60. The molecule has 0 bridgehead atoms. The smallest absolute Gasteiger partial charge is 0.156 e. The number of amidine groups is 1. The molecule has 0 fully saturated rings. The van der Waals surface area contributed by atoms with Crippen LogP contribution in [0.15, 0.2) is 23.5 Å². The maximum atomic E-state index is 4.54. The highest BCUT2D eigenvalue weighted by molar-refractivity contribution is 8.13. The third-order valence-electron chi connectivity index (χ3n) is 2.43. The van der Waals surface area contributed by atoms with Crippen LogP contribution in [0.1, 0.15) is 13.8 Å². The molecule has 1 aromatic rings. The molecule has 0 saturated carbocycles. The third-order valence-corrected chi connectivity index (χ3v) is 3.90. The first-order valence-electron chi connectivity index (χ1n) is 5.54. The van der Waals surface area contributed by atoms with Crippen molar-refractivity contribution in [2.45, 2.75) is 20.4 Å². The van der Waals surface area contributed by atoms with E-state index >= 15 is 0 Å². The van der Waals surface area contributed by atoms with Crippen molar-refractivity contribution in [2.24, 2.45) is 10.4 Å². The van der Waals surface area contributed by atoms with E-state index < -0.39 is 0 Å². The van der Waals surface area contributed by atoms with Gasteiger partial charge in [0.15, 0.2) is 5.17 Å². The fourth-order valence-electron chi connectivity index (χ4n) is 1.46. The summed E-state index contributed by atoms with van der Waals surface area (Å²) in [5.74, 6) is 1.14. The Kier molecular flexibility index (Phi) is 3.53. The lowest BCUT2D eigenvalue weighted by atomic mass is 9.97. The van der Waals surface area contributed by atoms with Crippen molar-refractivity contribution in [3.05, 3.63) is 18.5 Å². The van der Waals surface area contributed by atoms with Crippen molar-refractivity contribution in [3.8, 4) is 0 Å². The van der Waals surface area contributed by atoms with E-state index in [0.717, 1.165) is 30.6 Å². The zero-order valence-corrected chi connectivity index (χ0v) is 10.6. The van der Waals surface area contributed by atoms with Gasteiger partial charge in [-0.15, -0.1) is 0 Å². The minimum absolute atomic E-state index is 0.345. The van der Waals surface area contributed by atoms with E-state index in [-0.39, 0.29) is 0 Å². The van der Waals surface area contributed by atoms with Gasteiger partial charge in [-0.25, -0.2) is 0 Å². The van der Waals surface area contributed by atoms with Crippen molar-refractivity contribution in [2.75, 3.05) is 18.8 Å². The number of rotatable bonds is 3. The number of aromatic nitrogens is 2. The number of hydrogen-bond acceptors (Lipinski definition) is 4. The number of nitrogens with zero attached hydrogens (tertiary/aromatic N) is 3. The molecule has 0 amide bonds. The van der Waals surface area contributed by atoms with Crippen LogP contribution in [0.3, 0.4) is 0 Å². The summed E-state index contributed by atoms with van der Waals surface area (Å²) < 4.78 is 1.92. The Balaban J connectivity index is 1.73. The highest BCUT2D eigenvalue weighted by Crippen LogP contribution is 2.26. The minimum atomic E-state index is 0.345. The van der Waals surface area contributed by atoms with Crippen molar-refractivity contribution < 1.29 is 0 Å². The van der Waals surface area contributed by atoms with Gasteiger partial charge in [0.1, 0.15) is 0 Å². The topological polar surface area (TPSA) is 42.2 Å². The molecule has 0 aromatic carbocycles. The van der Waals surface area contributed by atoms with E-state index in [0.29, 0.717) is 5.41 Å². The van der Waals surface area contributed by atoms with Crippen LogP contribution in [0.5, 0.6) is 0 Å². The molecule has 2 heterocycles. The lowest BCUT2D eigenvalue weighted by Gasteiger charge is -2.27. The van der Waals surface area contributed by atoms with Crippen molar-refractivity contribution in [3.63, 3.8) is 0 Å². The van der Waals surface area contributed by atoms with Crippen LogP contribution < -0.4 is 5.32 Å². The van der Waals surface area contributed by atoms with Crippen molar-refractivity contribution >= 4 is 16.9 Å². The summed E-state index contributed by atoms with van der Waals surface area (Å²) in [6.07, 6.45) is 3.77. The molecule has 1 aliphatic heterocycles. The number of thioether (sulfide) groups is 1. The van der Waals surface area contributed by atoms with Gasteiger partial charge < -0.3 is 5.32 Å². The molecule has 0 radical (unpaired) electrons. The number of hydrogen-bond donors (Lipinski definition) is 1. The number of nitrogens with one attached hydrogen (secondary N) is 1. The highest BCUT2D eigenvalue weighted by atomic mass is 32.2. The van der Waals surface area contributed by atoms with E-state index in [4.69, 9.17) is 0 Å². The highest BCUT2D eigenvalue weighted by Gasteiger charge is 2.22. The second kappa shape index (κ2) is 4.91. The first-order valence-corrected chi connectivity index (χ1v) is 6.53. The van der Waals surface area contributed by atoms with Crippen molar-refractivity contribution in [1.29, 1.82) is 0 Å². The van der Waals surface area contributed by atoms with E-state index in [1.54, 1.807) is 6.20 Å². The second-order valence-electron chi connectivity index (χ2n) is 4.77. The first kappa shape index (κ1) is 11.5. The van der Waals surface area contributed by atoms with Gasteiger partial charge in [0, 0.05) is 31.2 Å². The molecule has 1 N–H and O–H groups in total. The monoisotopic (exact) mass is 238 g/mol. The van der Waals surface area contributed by atoms with E-state index in [1.807, 2.05) is 28.7 Å². The van der Waals surface area contributed by atoms with Gasteiger partial charge in [0.05, 0.1) is 6.54 Å². The molecule has 0 atom stereocenters. The Labute approximate surface area is 101 Å². The van der Waals surface area contributed by atoms with Gasteiger partial charge >= 0.3 is 0 Å². The molecule has 88 valence electrons. The van der Waals surface area contributed by atoms with Gasteiger partial charge in [0.25, 0.3) is 0 Å². The van der Waals surface area contributed by atoms with Gasteiger partial charge in [-0.05, 0) is 11.5 Å². The van der Waals surface area contributed by atoms with Gasteiger partial charge in [0.2, 0.25) is 0 Å². The van der Waals surface area contributed by atoms with Crippen LogP contribution in [0.2, 0.25) is 0 Å². The molecule has 0 unspecified atom stereocenters. The predicted molar refractivity (Wildman–Crippen MR) is 68.8 cm³/mol. The summed E-state index contributed by atoms with van der Waals surface area (Å²) in [5, 5.41) is 8.58. The molecule has 1 aliphatic rings. The van der Waals surface area contributed by atoms with Crippen LogP contribution in [0.4, 0.5) is 0 Å². The van der Waals surface area contributed by atoms with Crippen LogP contribution in [-0.2, 0) is 6.54 Å². The van der Waals surface area contributed by atoms with Crippen molar-refractivity contribution in [1.82, 2.24) is 15.1 Å². The van der Waals surface area contributed by atoms with Crippen LogP contribution in [-0.4, -0.2) is 33.8 Å². The third kappa shape index (κ3) is 3.27. The standard InChI is InChI=1S/C11H18N4S/c1-11(2)8-13-10(16-9-11)12-5-7-15-6-3-4-14-15/h3-4,6H,5,7-9H2,1-2H3,(H,12,13). The molecule has 16 heavy (non-hydrogen) atoms. The summed E-state index contributed by atoms with van der Waals surface area (Å²) >= 11 is 1.82. The molecule has 0 saturated heterocycles. The van der Waals surface area contributed by atoms with Gasteiger partial charge in [-0.1, -0.05) is 25.6 Å². The van der Waals surface area contributed by atoms with E-state index in [2.05, 4.69) is 29.3 Å². The summed E-state index contributed by atoms with van der Waals surface area (Å²) in [6, 6.07) is 1.94. The van der Waals surface area contributed by atoms with Crippen LogP contribution in [0.25, 0.3) is 0 Å². The summed E-state index contributed by atoms with van der Waals surface area (Å²) in [4.78, 5) is 4.54. The summed E-state index contributed by atoms with van der Waals surface area (Å²) in [6.45, 7) is 7.20. The maximum absolute atomic E-state index is 4.54. The second-order valence-corrected chi connectivity index (χ2v) is 5.73. The maximum Gasteiger partial charge on any atom is 0.156 e.